The van der Waals surface area contributed by atoms with Crippen LogP contribution in [0.15, 0.2) is 12.1 Å². The van der Waals surface area contributed by atoms with Gasteiger partial charge in [-0.15, -0.1) is 12.4 Å². The van der Waals surface area contributed by atoms with E-state index in [9.17, 15) is 4.79 Å². The molecule has 148 valence electrons. The van der Waals surface area contributed by atoms with Crippen LogP contribution in [-0.2, 0) is 11.3 Å². The first-order chi connectivity index (χ1) is 12.1. The molecule has 3 N–H and O–H groups in total. The van der Waals surface area contributed by atoms with Gasteiger partial charge in [-0.2, -0.15) is 0 Å². The second-order valence-corrected chi connectivity index (χ2v) is 6.71. The summed E-state index contributed by atoms with van der Waals surface area (Å²) in [5.74, 6) is 1.73. The zero-order chi connectivity index (χ0) is 18.3. The van der Waals surface area contributed by atoms with E-state index in [1.165, 1.54) is 6.42 Å². The van der Waals surface area contributed by atoms with E-state index in [1.54, 1.807) is 21.3 Å². The first-order valence-corrected chi connectivity index (χ1v) is 8.84. The third-order valence-corrected chi connectivity index (χ3v) is 5.14. The van der Waals surface area contributed by atoms with Gasteiger partial charge in [0.05, 0.1) is 21.3 Å². The lowest BCUT2D eigenvalue weighted by molar-refractivity contribution is -0.124. The Labute approximate surface area is 162 Å². The molecule has 0 spiro atoms. The molecule has 7 heteroatoms. The SMILES string of the molecule is COc1ccc(CNC(=O)CC2(CN)CCCCC2)c(OC)c1OC.Cl. The molecule has 26 heavy (non-hydrogen) atoms. The van der Waals surface area contributed by atoms with E-state index in [4.69, 9.17) is 19.9 Å². The highest BCUT2D eigenvalue weighted by Gasteiger charge is 2.32. The molecule has 0 unspecified atom stereocenters. The number of rotatable bonds is 8. The lowest BCUT2D eigenvalue weighted by atomic mass is 9.71. The minimum Gasteiger partial charge on any atom is -0.493 e. The summed E-state index contributed by atoms with van der Waals surface area (Å²) in [5, 5.41) is 3.00. The number of ether oxygens (including phenoxy) is 3. The normalized spacial score (nSPS) is 15.5. The first kappa shape index (κ1) is 22.4. The van der Waals surface area contributed by atoms with Gasteiger partial charge in [0.25, 0.3) is 0 Å². The van der Waals surface area contributed by atoms with E-state index >= 15 is 0 Å². The van der Waals surface area contributed by atoms with Crippen molar-refractivity contribution in [1.29, 1.82) is 0 Å². The average molecular weight is 387 g/mol. The van der Waals surface area contributed by atoms with Crippen LogP contribution in [0.4, 0.5) is 0 Å². The number of amides is 1. The van der Waals surface area contributed by atoms with E-state index in [2.05, 4.69) is 5.32 Å². The van der Waals surface area contributed by atoms with Crippen molar-refractivity contribution in [3.63, 3.8) is 0 Å². The highest BCUT2D eigenvalue weighted by molar-refractivity contribution is 5.85. The number of nitrogens with one attached hydrogen (secondary N) is 1. The van der Waals surface area contributed by atoms with E-state index in [-0.39, 0.29) is 23.7 Å². The summed E-state index contributed by atoms with van der Waals surface area (Å²) < 4.78 is 16.1. The summed E-state index contributed by atoms with van der Waals surface area (Å²) in [4.78, 5) is 12.5. The number of nitrogens with two attached hydrogens (primary N) is 1. The van der Waals surface area contributed by atoms with Gasteiger partial charge in [-0.05, 0) is 36.9 Å². The minimum absolute atomic E-state index is 0. The summed E-state index contributed by atoms with van der Waals surface area (Å²) in [6.07, 6.45) is 6.13. The first-order valence-electron chi connectivity index (χ1n) is 8.84. The molecule has 2 rings (SSSR count). The molecule has 0 saturated heterocycles. The van der Waals surface area contributed by atoms with Crippen LogP contribution in [0.2, 0.25) is 0 Å². The maximum atomic E-state index is 12.5. The number of carbonyl (C=O) groups is 1. The lowest BCUT2D eigenvalue weighted by Crippen LogP contribution is -2.38. The van der Waals surface area contributed by atoms with Crippen LogP contribution in [0.1, 0.15) is 44.1 Å². The van der Waals surface area contributed by atoms with Crippen molar-refractivity contribution in [2.24, 2.45) is 11.1 Å². The van der Waals surface area contributed by atoms with Crippen molar-refractivity contribution >= 4 is 18.3 Å². The molecule has 1 fully saturated rings. The van der Waals surface area contributed by atoms with Crippen LogP contribution in [0.5, 0.6) is 17.2 Å². The van der Waals surface area contributed by atoms with Crippen molar-refractivity contribution in [1.82, 2.24) is 5.32 Å². The fourth-order valence-electron chi connectivity index (χ4n) is 3.65. The Morgan fingerprint density at radius 3 is 2.27 bits per heavy atom. The van der Waals surface area contributed by atoms with Crippen LogP contribution < -0.4 is 25.3 Å². The van der Waals surface area contributed by atoms with Crippen molar-refractivity contribution < 1.29 is 19.0 Å². The van der Waals surface area contributed by atoms with Gasteiger partial charge in [-0.25, -0.2) is 0 Å². The number of carbonyl (C=O) groups excluding carboxylic acids is 1. The second-order valence-electron chi connectivity index (χ2n) is 6.71. The van der Waals surface area contributed by atoms with Gasteiger partial charge >= 0.3 is 0 Å². The predicted molar refractivity (Wildman–Crippen MR) is 104 cm³/mol. The van der Waals surface area contributed by atoms with Crippen LogP contribution in [0, 0.1) is 5.41 Å². The smallest absolute Gasteiger partial charge is 0.220 e. The van der Waals surface area contributed by atoms with E-state index in [0.717, 1.165) is 31.2 Å². The molecule has 1 aromatic rings. The topological polar surface area (TPSA) is 82.8 Å². The molecular formula is C19H31ClN2O4. The largest absolute Gasteiger partial charge is 0.493 e. The maximum Gasteiger partial charge on any atom is 0.220 e. The van der Waals surface area contributed by atoms with Gasteiger partial charge in [0.2, 0.25) is 11.7 Å². The monoisotopic (exact) mass is 386 g/mol. The summed E-state index contributed by atoms with van der Waals surface area (Å²) in [5.41, 5.74) is 6.79. The molecule has 1 saturated carbocycles. The van der Waals surface area contributed by atoms with Crippen LogP contribution in [-0.4, -0.2) is 33.8 Å². The summed E-state index contributed by atoms with van der Waals surface area (Å²) >= 11 is 0. The van der Waals surface area contributed by atoms with Crippen molar-refractivity contribution in [2.45, 2.75) is 45.1 Å². The Balaban J connectivity index is 0.00000338. The van der Waals surface area contributed by atoms with Gasteiger partial charge < -0.3 is 25.3 Å². The molecule has 0 bridgehead atoms. The Bertz CT molecular complexity index is 589. The number of hydrogen-bond donors (Lipinski definition) is 2. The third kappa shape index (κ3) is 5.17. The highest BCUT2D eigenvalue weighted by atomic mass is 35.5. The highest BCUT2D eigenvalue weighted by Crippen LogP contribution is 2.40. The molecule has 0 radical (unpaired) electrons. The molecule has 6 nitrogen and oxygen atoms in total. The molecule has 0 aliphatic heterocycles. The molecule has 1 amide bonds. The van der Waals surface area contributed by atoms with Gasteiger partial charge in [0.15, 0.2) is 11.5 Å². The molecular weight excluding hydrogens is 356 g/mol. The quantitative estimate of drug-likeness (QED) is 0.717. The van der Waals surface area contributed by atoms with E-state index in [0.29, 0.717) is 36.8 Å². The molecule has 0 aromatic heterocycles. The number of hydrogen-bond acceptors (Lipinski definition) is 5. The lowest BCUT2D eigenvalue weighted by Gasteiger charge is -2.35. The molecule has 0 heterocycles. The Kier molecular flexibility index (Phi) is 9.02. The molecule has 1 aliphatic rings. The number of methoxy groups -OCH3 is 3. The summed E-state index contributed by atoms with van der Waals surface area (Å²) in [6, 6.07) is 3.69. The Hall–Kier alpha value is -1.66. The van der Waals surface area contributed by atoms with Crippen LogP contribution >= 0.6 is 12.4 Å². The summed E-state index contributed by atoms with van der Waals surface area (Å²) in [6.45, 7) is 0.948. The maximum absolute atomic E-state index is 12.5. The molecule has 1 aromatic carbocycles. The fraction of sp³-hybridized carbons (Fsp3) is 0.632. The molecule has 1 aliphatic carbocycles. The minimum atomic E-state index is -0.0377. The fourth-order valence-corrected chi connectivity index (χ4v) is 3.65. The number of halogens is 1. The zero-order valence-electron chi connectivity index (χ0n) is 15.9. The van der Waals surface area contributed by atoms with E-state index in [1.807, 2.05) is 12.1 Å². The Morgan fingerprint density at radius 2 is 1.73 bits per heavy atom. The van der Waals surface area contributed by atoms with Gasteiger partial charge in [-0.1, -0.05) is 19.3 Å². The predicted octanol–water partition coefficient (Wildman–Crippen LogP) is 3.05. The van der Waals surface area contributed by atoms with Gasteiger partial charge in [0.1, 0.15) is 0 Å². The van der Waals surface area contributed by atoms with Crippen LogP contribution in [0.25, 0.3) is 0 Å². The Morgan fingerprint density at radius 1 is 1.08 bits per heavy atom. The van der Waals surface area contributed by atoms with Crippen molar-refractivity contribution in [2.75, 3.05) is 27.9 Å². The van der Waals surface area contributed by atoms with E-state index < -0.39 is 0 Å². The second kappa shape index (κ2) is 10.5. The third-order valence-electron chi connectivity index (χ3n) is 5.14. The van der Waals surface area contributed by atoms with Crippen molar-refractivity contribution in [3.8, 4) is 17.2 Å². The van der Waals surface area contributed by atoms with Gasteiger partial charge in [-0.3, -0.25) is 4.79 Å². The zero-order valence-corrected chi connectivity index (χ0v) is 16.7. The molecule has 0 atom stereocenters. The van der Waals surface area contributed by atoms with Crippen molar-refractivity contribution in [3.05, 3.63) is 17.7 Å². The number of benzene rings is 1. The standard InChI is InChI=1S/C19H30N2O4.ClH/c1-23-15-8-7-14(17(24-2)18(15)25-3)12-21-16(22)11-19(13-20)9-5-4-6-10-19;/h7-8H,4-6,9-13,20H2,1-3H3,(H,21,22);1H. The van der Waals surface area contributed by atoms with Crippen LogP contribution in [0.3, 0.4) is 0 Å². The average Bonchev–Trinajstić information content (AvgIpc) is 2.66. The van der Waals surface area contributed by atoms with Gasteiger partial charge in [0, 0.05) is 18.5 Å². The summed E-state index contributed by atoms with van der Waals surface area (Å²) in [7, 11) is 4.72.